The van der Waals surface area contributed by atoms with Gasteiger partial charge >= 0.3 is 0 Å². The maximum atomic E-state index is 12.4. The maximum absolute atomic E-state index is 12.4. The van der Waals surface area contributed by atoms with Crippen LogP contribution in [0.4, 0.5) is 8.78 Å². The van der Waals surface area contributed by atoms with Crippen LogP contribution in [0.1, 0.15) is 12.8 Å². The van der Waals surface area contributed by atoms with Crippen molar-refractivity contribution in [2.24, 2.45) is 0 Å². The second-order valence-corrected chi connectivity index (χ2v) is 2.20. The van der Waals surface area contributed by atoms with Crippen molar-refractivity contribution in [1.82, 2.24) is 0 Å². The van der Waals surface area contributed by atoms with E-state index in [9.17, 15) is 8.78 Å². The van der Waals surface area contributed by atoms with Crippen LogP contribution >= 0.6 is 0 Å². The van der Waals surface area contributed by atoms with Crippen LogP contribution in [0.2, 0.25) is 0 Å². The Morgan fingerprint density at radius 3 is 2.38 bits per heavy atom. The summed E-state index contributed by atoms with van der Waals surface area (Å²) in [6, 6.07) is 0. The van der Waals surface area contributed by atoms with Gasteiger partial charge in [0.1, 0.15) is 6.17 Å². The highest BCUT2D eigenvalue weighted by atomic mass is 19.2. The molecule has 0 amide bonds. The first-order valence-corrected chi connectivity index (χ1v) is 2.63. The predicted octanol–water partition coefficient (Wildman–Crippen LogP) is 0.819. The third kappa shape index (κ3) is 0.616. The van der Waals surface area contributed by atoms with Crippen LogP contribution in [0.15, 0.2) is 0 Å². The average molecular weight is 122 g/mol. The van der Waals surface area contributed by atoms with Crippen LogP contribution in [0, 0.1) is 0 Å². The predicted molar refractivity (Wildman–Crippen MR) is 25.1 cm³/mol. The Hall–Kier alpha value is -0.180. The van der Waals surface area contributed by atoms with Gasteiger partial charge in [0.2, 0.25) is 0 Å². The summed E-state index contributed by atoms with van der Waals surface area (Å²) in [6.45, 7) is -0.672. The Balaban J connectivity index is 2.42. The summed E-state index contributed by atoms with van der Waals surface area (Å²) in [5, 5.41) is 8.20. The van der Waals surface area contributed by atoms with Crippen molar-refractivity contribution < 1.29 is 13.9 Å². The van der Waals surface area contributed by atoms with E-state index in [0.29, 0.717) is 0 Å². The van der Waals surface area contributed by atoms with Crippen molar-refractivity contribution in [3.63, 3.8) is 0 Å². The van der Waals surface area contributed by atoms with Gasteiger partial charge in [0.25, 0.3) is 0 Å². The van der Waals surface area contributed by atoms with Crippen LogP contribution < -0.4 is 0 Å². The molecule has 0 heterocycles. The van der Waals surface area contributed by atoms with E-state index in [1.54, 1.807) is 0 Å². The molecular formula is C5H8F2O. The molecule has 0 aliphatic heterocycles. The highest BCUT2D eigenvalue weighted by Gasteiger charge is 2.47. The van der Waals surface area contributed by atoms with Gasteiger partial charge in [0.05, 0.1) is 6.61 Å². The average Bonchev–Trinajstić information content (AvgIpc) is 1.83. The van der Waals surface area contributed by atoms with Gasteiger partial charge in [-0.3, -0.25) is 0 Å². The highest BCUT2D eigenvalue weighted by molar-refractivity contribution is 4.96. The Morgan fingerprint density at radius 2 is 2.38 bits per heavy atom. The largest absolute Gasteiger partial charge is 0.393 e. The molecule has 1 aliphatic rings. The van der Waals surface area contributed by atoms with E-state index in [1.165, 1.54) is 0 Å². The van der Waals surface area contributed by atoms with E-state index < -0.39 is 18.4 Å². The quantitative estimate of drug-likeness (QED) is 0.546. The smallest absolute Gasteiger partial charge is 0.164 e. The Labute approximate surface area is 46.3 Å². The fraction of sp³-hybridized carbons (Fsp3) is 1.00. The molecule has 1 fully saturated rings. The Bertz CT molecular complexity index is 92.4. The molecule has 0 bridgehead atoms. The van der Waals surface area contributed by atoms with Crippen LogP contribution in [0.3, 0.4) is 0 Å². The van der Waals surface area contributed by atoms with Crippen LogP contribution in [-0.2, 0) is 0 Å². The van der Waals surface area contributed by atoms with Crippen LogP contribution in [-0.4, -0.2) is 23.6 Å². The lowest BCUT2D eigenvalue weighted by atomic mass is 9.81. The number of rotatable bonds is 1. The summed E-state index contributed by atoms with van der Waals surface area (Å²) in [5.41, 5.74) is -1.89. The van der Waals surface area contributed by atoms with Crippen molar-refractivity contribution in [2.45, 2.75) is 24.7 Å². The summed E-state index contributed by atoms with van der Waals surface area (Å²) in [4.78, 5) is 0. The molecule has 0 saturated heterocycles. The van der Waals surface area contributed by atoms with Gasteiger partial charge in [-0.2, -0.15) is 0 Å². The van der Waals surface area contributed by atoms with Gasteiger partial charge in [-0.25, -0.2) is 8.78 Å². The second-order valence-electron chi connectivity index (χ2n) is 2.20. The van der Waals surface area contributed by atoms with Crippen molar-refractivity contribution in [2.75, 3.05) is 6.61 Å². The first kappa shape index (κ1) is 5.95. The van der Waals surface area contributed by atoms with E-state index in [1.807, 2.05) is 0 Å². The summed E-state index contributed by atoms with van der Waals surface area (Å²) < 4.78 is 24.4. The van der Waals surface area contributed by atoms with Crippen molar-refractivity contribution in [3.8, 4) is 0 Å². The van der Waals surface area contributed by atoms with Crippen LogP contribution in [0.5, 0.6) is 0 Å². The lowest BCUT2D eigenvalue weighted by Crippen LogP contribution is -2.47. The molecule has 0 radical (unpaired) electrons. The molecule has 1 saturated carbocycles. The Morgan fingerprint density at radius 1 is 1.75 bits per heavy atom. The van der Waals surface area contributed by atoms with Gasteiger partial charge in [-0.05, 0) is 12.8 Å². The van der Waals surface area contributed by atoms with Crippen molar-refractivity contribution >= 4 is 0 Å². The summed E-state index contributed by atoms with van der Waals surface area (Å²) >= 11 is 0. The van der Waals surface area contributed by atoms with E-state index in [0.717, 1.165) is 0 Å². The van der Waals surface area contributed by atoms with Crippen molar-refractivity contribution in [1.29, 1.82) is 0 Å². The number of hydrogen-bond donors (Lipinski definition) is 1. The standard InChI is InChI=1S/C5H8F2O/c6-4-1-2-5(4,7)3-8/h4,8H,1-3H2. The number of alkyl halides is 2. The fourth-order valence-electron chi connectivity index (χ4n) is 0.745. The molecule has 2 unspecified atom stereocenters. The molecule has 0 spiro atoms. The zero-order valence-electron chi connectivity index (χ0n) is 4.40. The lowest BCUT2D eigenvalue weighted by molar-refractivity contribution is -0.0739. The molecule has 1 nitrogen and oxygen atoms in total. The van der Waals surface area contributed by atoms with Gasteiger partial charge in [-0.1, -0.05) is 0 Å². The molecule has 0 aromatic rings. The Kier molecular flexibility index (Phi) is 1.23. The minimum atomic E-state index is -1.89. The molecule has 1 aliphatic carbocycles. The molecule has 2 atom stereocenters. The fourth-order valence-corrected chi connectivity index (χ4v) is 0.745. The van der Waals surface area contributed by atoms with Crippen molar-refractivity contribution in [3.05, 3.63) is 0 Å². The molecule has 8 heavy (non-hydrogen) atoms. The topological polar surface area (TPSA) is 20.2 Å². The third-order valence-electron chi connectivity index (χ3n) is 1.64. The monoisotopic (exact) mass is 122 g/mol. The van der Waals surface area contributed by atoms with E-state index in [-0.39, 0.29) is 12.8 Å². The first-order chi connectivity index (χ1) is 3.69. The highest BCUT2D eigenvalue weighted by Crippen LogP contribution is 2.37. The third-order valence-corrected chi connectivity index (χ3v) is 1.64. The number of aliphatic hydroxyl groups is 1. The van der Waals surface area contributed by atoms with Gasteiger partial charge in [-0.15, -0.1) is 0 Å². The van der Waals surface area contributed by atoms with Gasteiger partial charge in [0.15, 0.2) is 5.67 Å². The molecular weight excluding hydrogens is 114 g/mol. The maximum Gasteiger partial charge on any atom is 0.164 e. The molecule has 1 rings (SSSR count). The number of halogens is 2. The number of aliphatic hydroxyl groups excluding tert-OH is 1. The lowest BCUT2D eigenvalue weighted by Gasteiger charge is -2.35. The molecule has 0 aromatic heterocycles. The molecule has 1 N–H and O–H groups in total. The first-order valence-electron chi connectivity index (χ1n) is 2.63. The van der Waals surface area contributed by atoms with E-state index in [2.05, 4.69) is 0 Å². The van der Waals surface area contributed by atoms with Gasteiger partial charge < -0.3 is 5.11 Å². The zero-order valence-corrected chi connectivity index (χ0v) is 4.40. The summed E-state index contributed by atoms with van der Waals surface area (Å²) in [6.07, 6.45) is -0.991. The summed E-state index contributed by atoms with van der Waals surface area (Å²) in [5.74, 6) is 0. The second kappa shape index (κ2) is 1.65. The molecule has 3 heteroatoms. The van der Waals surface area contributed by atoms with Crippen LogP contribution in [0.25, 0.3) is 0 Å². The minimum Gasteiger partial charge on any atom is -0.393 e. The van der Waals surface area contributed by atoms with E-state index in [4.69, 9.17) is 5.11 Å². The number of hydrogen-bond acceptors (Lipinski definition) is 1. The van der Waals surface area contributed by atoms with E-state index >= 15 is 0 Å². The summed E-state index contributed by atoms with van der Waals surface area (Å²) in [7, 11) is 0. The normalized spacial score (nSPS) is 46.1. The SMILES string of the molecule is OCC1(F)CCC1F. The molecule has 0 aromatic carbocycles. The molecule has 48 valence electrons. The van der Waals surface area contributed by atoms with Gasteiger partial charge in [0, 0.05) is 0 Å². The zero-order chi connectivity index (χ0) is 6.20. The minimum absolute atomic E-state index is 0.171.